The van der Waals surface area contributed by atoms with E-state index in [1.165, 1.54) is 70.1 Å². The van der Waals surface area contributed by atoms with Crippen LogP contribution < -0.4 is 0 Å². The summed E-state index contributed by atoms with van der Waals surface area (Å²) < 4.78 is 0. The molecule has 3 rings (SSSR count). The fourth-order valence-corrected chi connectivity index (χ4v) is 4.71. The van der Waals surface area contributed by atoms with E-state index in [1.807, 2.05) is 12.1 Å². The van der Waals surface area contributed by atoms with E-state index in [0.717, 1.165) is 5.92 Å². The molecule has 1 saturated carbocycles. The number of phenols is 1. The van der Waals surface area contributed by atoms with Gasteiger partial charge in [-0.25, -0.2) is 0 Å². The number of rotatable bonds is 5. The Labute approximate surface area is 141 Å². The lowest BCUT2D eigenvalue weighted by Crippen LogP contribution is -2.47. The Morgan fingerprint density at radius 2 is 2.04 bits per heavy atom. The third-order valence-electron chi connectivity index (χ3n) is 6.63. The first-order chi connectivity index (χ1) is 11.1. The third kappa shape index (κ3) is 3.91. The summed E-state index contributed by atoms with van der Waals surface area (Å²) in [6.45, 7) is 8.42. The summed E-state index contributed by atoms with van der Waals surface area (Å²) in [6.07, 6.45) is 9.90. The smallest absolute Gasteiger partial charge is 0.115 e. The van der Waals surface area contributed by atoms with Gasteiger partial charge in [0.15, 0.2) is 0 Å². The minimum Gasteiger partial charge on any atom is -0.508 e. The van der Waals surface area contributed by atoms with Gasteiger partial charge in [-0.2, -0.15) is 0 Å². The van der Waals surface area contributed by atoms with Gasteiger partial charge in [-0.05, 0) is 67.3 Å². The van der Waals surface area contributed by atoms with E-state index in [0.29, 0.717) is 11.7 Å². The van der Waals surface area contributed by atoms with Crippen LogP contribution in [-0.4, -0.2) is 29.6 Å². The fraction of sp³-hybridized carbons (Fsp3) is 0.714. The maximum absolute atomic E-state index is 9.81. The van der Waals surface area contributed by atoms with Crippen LogP contribution >= 0.6 is 0 Å². The average Bonchev–Trinajstić information content (AvgIpc) is 3.04. The van der Waals surface area contributed by atoms with Crippen molar-refractivity contribution in [1.82, 2.24) is 4.90 Å². The van der Waals surface area contributed by atoms with Crippen LogP contribution in [0.15, 0.2) is 24.3 Å². The fourth-order valence-electron chi connectivity index (χ4n) is 4.71. The quantitative estimate of drug-likeness (QED) is 0.830. The topological polar surface area (TPSA) is 23.5 Å². The molecule has 0 aromatic heterocycles. The number of likely N-dealkylation sites (tertiary alicyclic amines) is 1. The molecule has 0 radical (unpaired) electrons. The maximum Gasteiger partial charge on any atom is 0.115 e. The number of piperidine rings is 1. The minimum absolute atomic E-state index is 0.195. The standard InChI is InChI=1S/C21H33NO/c1-17-16-22(13-6-9-18-7-3-4-8-18)14-12-21(17,2)19-10-5-11-20(23)15-19/h5,10-11,15,17-18,23H,3-4,6-9,12-14,16H2,1-2H3/t17-,21-/m0/s1. The normalized spacial score (nSPS) is 29.9. The molecule has 0 unspecified atom stereocenters. The second-order valence-corrected chi connectivity index (χ2v) is 8.21. The van der Waals surface area contributed by atoms with Crippen molar-refractivity contribution < 1.29 is 5.11 Å². The number of hydrogen-bond acceptors (Lipinski definition) is 2. The molecule has 2 fully saturated rings. The van der Waals surface area contributed by atoms with Crippen molar-refractivity contribution in [2.24, 2.45) is 11.8 Å². The van der Waals surface area contributed by atoms with Gasteiger partial charge in [-0.15, -0.1) is 0 Å². The highest BCUT2D eigenvalue weighted by Crippen LogP contribution is 2.40. The molecule has 23 heavy (non-hydrogen) atoms. The van der Waals surface area contributed by atoms with Crippen LogP contribution in [0.3, 0.4) is 0 Å². The van der Waals surface area contributed by atoms with Gasteiger partial charge in [-0.3, -0.25) is 0 Å². The molecule has 0 bridgehead atoms. The van der Waals surface area contributed by atoms with Crippen LogP contribution in [0.2, 0.25) is 0 Å². The van der Waals surface area contributed by atoms with Crippen molar-refractivity contribution >= 4 is 0 Å². The van der Waals surface area contributed by atoms with Gasteiger partial charge in [0.05, 0.1) is 0 Å². The molecule has 2 heteroatoms. The minimum atomic E-state index is 0.195. The highest BCUT2D eigenvalue weighted by atomic mass is 16.3. The molecule has 2 atom stereocenters. The van der Waals surface area contributed by atoms with E-state index >= 15 is 0 Å². The summed E-state index contributed by atoms with van der Waals surface area (Å²) >= 11 is 0. The van der Waals surface area contributed by atoms with Crippen molar-refractivity contribution in [1.29, 1.82) is 0 Å². The Bertz CT molecular complexity index is 508. The number of nitrogens with zero attached hydrogens (tertiary/aromatic N) is 1. The molecule has 0 spiro atoms. The maximum atomic E-state index is 9.81. The third-order valence-corrected chi connectivity index (χ3v) is 6.63. The van der Waals surface area contributed by atoms with Crippen molar-refractivity contribution in [3.63, 3.8) is 0 Å². The van der Waals surface area contributed by atoms with Crippen molar-refractivity contribution in [2.75, 3.05) is 19.6 Å². The van der Waals surface area contributed by atoms with Crippen molar-refractivity contribution in [3.8, 4) is 5.75 Å². The lowest BCUT2D eigenvalue weighted by atomic mass is 9.68. The highest BCUT2D eigenvalue weighted by Gasteiger charge is 2.37. The monoisotopic (exact) mass is 315 g/mol. The Hall–Kier alpha value is -1.02. The van der Waals surface area contributed by atoms with Gasteiger partial charge in [0.2, 0.25) is 0 Å². The Balaban J connectivity index is 1.52. The molecule has 1 aliphatic carbocycles. The van der Waals surface area contributed by atoms with Gasteiger partial charge in [0.25, 0.3) is 0 Å². The van der Waals surface area contributed by atoms with Crippen LogP contribution in [0.4, 0.5) is 0 Å². The molecule has 1 aromatic rings. The second kappa shape index (κ2) is 7.25. The molecular formula is C21H33NO. The van der Waals surface area contributed by atoms with Crippen LogP contribution in [-0.2, 0) is 5.41 Å². The molecule has 1 saturated heterocycles. The van der Waals surface area contributed by atoms with E-state index in [-0.39, 0.29) is 5.41 Å². The molecular weight excluding hydrogens is 282 g/mol. The van der Waals surface area contributed by atoms with Crippen LogP contribution in [0.1, 0.15) is 64.4 Å². The van der Waals surface area contributed by atoms with Crippen LogP contribution in [0.25, 0.3) is 0 Å². The first kappa shape index (κ1) is 16.8. The van der Waals surface area contributed by atoms with Crippen LogP contribution in [0.5, 0.6) is 5.75 Å². The molecule has 1 aliphatic heterocycles. The zero-order valence-electron chi connectivity index (χ0n) is 14.9. The number of phenolic OH excluding ortho intramolecular Hbond substituents is 1. The summed E-state index contributed by atoms with van der Waals surface area (Å²) in [5.41, 5.74) is 1.50. The van der Waals surface area contributed by atoms with Crippen molar-refractivity contribution in [3.05, 3.63) is 29.8 Å². The lowest BCUT2D eigenvalue weighted by molar-refractivity contribution is 0.108. The first-order valence-corrected chi connectivity index (χ1v) is 9.60. The molecule has 0 amide bonds. The SMILES string of the molecule is C[C@H]1CN(CCCC2CCCC2)CC[C@]1(C)c1cccc(O)c1. The number of aromatic hydroxyl groups is 1. The van der Waals surface area contributed by atoms with Crippen LogP contribution in [0, 0.1) is 11.8 Å². The molecule has 1 aromatic carbocycles. The summed E-state index contributed by atoms with van der Waals surface area (Å²) in [7, 11) is 0. The Kier molecular flexibility index (Phi) is 5.31. The highest BCUT2D eigenvalue weighted by molar-refractivity contribution is 5.33. The molecule has 128 valence electrons. The van der Waals surface area contributed by atoms with E-state index < -0.39 is 0 Å². The number of hydrogen-bond donors (Lipinski definition) is 1. The average molecular weight is 316 g/mol. The molecule has 1 heterocycles. The van der Waals surface area contributed by atoms with E-state index in [1.54, 1.807) is 6.07 Å². The lowest BCUT2D eigenvalue weighted by Gasteiger charge is -2.45. The Morgan fingerprint density at radius 3 is 2.74 bits per heavy atom. The second-order valence-electron chi connectivity index (χ2n) is 8.21. The first-order valence-electron chi connectivity index (χ1n) is 9.60. The predicted molar refractivity (Wildman–Crippen MR) is 96.9 cm³/mol. The zero-order chi connectivity index (χ0) is 16.3. The summed E-state index contributed by atoms with van der Waals surface area (Å²) in [5.74, 6) is 2.05. The van der Waals surface area contributed by atoms with Gasteiger partial charge >= 0.3 is 0 Å². The zero-order valence-corrected chi connectivity index (χ0v) is 14.9. The molecule has 2 aliphatic rings. The summed E-state index contributed by atoms with van der Waals surface area (Å²) in [6, 6.07) is 7.91. The predicted octanol–water partition coefficient (Wildman–Crippen LogP) is 4.96. The van der Waals surface area contributed by atoms with Gasteiger partial charge in [0.1, 0.15) is 5.75 Å². The van der Waals surface area contributed by atoms with E-state index in [9.17, 15) is 5.11 Å². The molecule has 1 N–H and O–H groups in total. The van der Waals surface area contributed by atoms with Gasteiger partial charge < -0.3 is 10.0 Å². The number of benzene rings is 1. The molecule has 2 nitrogen and oxygen atoms in total. The van der Waals surface area contributed by atoms with Crippen molar-refractivity contribution in [2.45, 2.75) is 64.2 Å². The van der Waals surface area contributed by atoms with Gasteiger partial charge in [-0.1, -0.05) is 51.7 Å². The van der Waals surface area contributed by atoms with E-state index in [4.69, 9.17) is 0 Å². The summed E-state index contributed by atoms with van der Waals surface area (Å²) in [5, 5.41) is 9.81. The van der Waals surface area contributed by atoms with Gasteiger partial charge in [0, 0.05) is 6.54 Å². The van der Waals surface area contributed by atoms with E-state index in [2.05, 4.69) is 24.8 Å². The largest absolute Gasteiger partial charge is 0.508 e. The summed E-state index contributed by atoms with van der Waals surface area (Å²) in [4.78, 5) is 2.67. The Morgan fingerprint density at radius 1 is 1.26 bits per heavy atom.